The van der Waals surface area contributed by atoms with Crippen LogP contribution < -0.4 is 0 Å². The summed E-state index contributed by atoms with van der Waals surface area (Å²) in [7, 11) is 0. The SMILES string of the molecule is FC(F)(F)c1ccc(Br)cc1-n1cnc(I)c1I. The van der Waals surface area contributed by atoms with Gasteiger partial charge in [-0.05, 0) is 63.4 Å². The van der Waals surface area contributed by atoms with Gasteiger partial charge >= 0.3 is 6.18 Å². The molecule has 0 amide bonds. The third-order valence-corrected chi connectivity index (χ3v) is 5.54. The Morgan fingerprint density at radius 3 is 2.39 bits per heavy atom. The molecule has 18 heavy (non-hydrogen) atoms. The lowest BCUT2D eigenvalue weighted by atomic mass is 10.1. The maximum atomic E-state index is 13.0. The largest absolute Gasteiger partial charge is 0.418 e. The number of nitrogens with zero attached hydrogens (tertiary/aromatic N) is 2. The van der Waals surface area contributed by atoms with Gasteiger partial charge in [-0.15, -0.1) is 0 Å². The van der Waals surface area contributed by atoms with Crippen molar-refractivity contribution in [2.24, 2.45) is 0 Å². The fourth-order valence-corrected chi connectivity index (χ4v) is 2.68. The normalized spacial score (nSPS) is 11.9. The highest BCUT2D eigenvalue weighted by Crippen LogP contribution is 2.36. The molecular formula is C10H4BrF3I2N2. The number of alkyl halides is 3. The Morgan fingerprint density at radius 1 is 1.22 bits per heavy atom. The van der Waals surface area contributed by atoms with Crippen LogP contribution in [0, 0.1) is 7.40 Å². The second-order valence-corrected chi connectivity index (χ2v) is 6.31. The molecule has 0 radical (unpaired) electrons. The van der Waals surface area contributed by atoms with Crippen molar-refractivity contribution < 1.29 is 13.2 Å². The Labute approximate surface area is 136 Å². The number of rotatable bonds is 1. The Hall–Kier alpha value is 0.160. The third-order valence-electron chi connectivity index (χ3n) is 2.19. The average molecular weight is 543 g/mol. The Bertz CT molecular complexity index is 595. The Balaban J connectivity index is 2.70. The van der Waals surface area contributed by atoms with Crippen molar-refractivity contribution in [3.8, 4) is 5.69 Å². The number of hydrogen-bond acceptors (Lipinski definition) is 1. The van der Waals surface area contributed by atoms with Gasteiger partial charge in [0, 0.05) is 4.47 Å². The highest BCUT2D eigenvalue weighted by atomic mass is 127. The highest BCUT2D eigenvalue weighted by molar-refractivity contribution is 14.1. The Kier molecular flexibility index (Phi) is 4.26. The van der Waals surface area contributed by atoms with Crippen LogP contribution in [0.5, 0.6) is 0 Å². The third kappa shape index (κ3) is 2.84. The second kappa shape index (κ2) is 5.27. The van der Waals surface area contributed by atoms with Crippen LogP contribution in [0.3, 0.4) is 0 Å². The first-order valence-corrected chi connectivity index (χ1v) is 7.51. The topological polar surface area (TPSA) is 17.8 Å². The van der Waals surface area contributed by atoms with E-state index in [4.69, 9.17) is 0 Å². The summed E-state index contributed by atoms with van der Waals surface area (Å²) in [5.41, 5.74) is -0.617. The molecule has 0 N–H and O–H groups in total. The van der Waals surface area contributed by atoms with Crippen LogP contribution in [0.2, 0.25) is 0 Å². The molecule has 0 fully saturated rings. The zero-order chi connectivity index (χ0) is 13.5. The van der Waals surface area contributed by atoms with Gasteiger partial charge < -0.3 is 0 Å². The lowest BCUT2D eigenvalue weighted by Gasteiger charge is -2.14. The molecule has 0 saturated carbocycles. The quantitative estimate of drug-likeness (QED) is 0.471. The van der Waals surface area contributed by atoms with Crippen molar-refractivity contribution in [1.29, 1.82) is 0 Å². The molecule has 2 aromatic rings. The van der Waals surface area contributed by atoms with E-state index in [2.05, 4.69) is 20.9 Å². The van der Waals surface area contributed by atoms with Crippen LogP contribution in [0.25, 0.3) is 5.69 Å². The zero-order valence-corrected chi connectivity index (χ0v) is 14.4. The first-order valence-electron chi connectivity index (χ1n) is 4.56. The maximum Gasteiger partial charge on any atom is 0.418 e. The van der Waals surface area contributed by atoms with Crippen LogP contribution in [0.15, 0.2) is 29.0 Å². The van der Waals surface area contributed by atoms with Crippen LogP contribution in [-0.2, 0) is 6.18 Å². The van der Waals surface area contributed by atoms with Crippen molar-refractivity contribution in [3.63, 3.8) is 0 Å². The van der Waals surface area contributed by atoms with E-state index in [1.807, 2.05) is 45.2 Å². The van der Waals surface area contributed by atoms with E-state index in [1.54, 1.807) is 0 Å². The minimum absolute atomic E-state index is 0.0664. The summed E-state index contributed by atoms with van der Waals surface area (Å²) >= 11 is 7.14. The summed E-state index contributed by atoms with van der Waals surface area (Å²) in [5.74, 6) is 0. The summed E-state index contributed by atoms with van der Waals surface area (Å²) < 4.78 is 42.2. The van der Waals surface area contributed by atoms with Gasteiger partial charge in [0.2, 0.25) is 0 Å². The van der Waals surface area contributed by atoms with E-state index in [-0.39, 0.29) is 5.69 Å². The molecule has 0 spiro atoms. The minimum Gasteiger partial charge on any atom is -0.293 e. The molecule has 0 atom stereocenters. The molecule has 0 aliphatic rings. The van der Waals surface area contributed by atoms with Crippen LogP contribution >= 0.6 is 61.1 Å². The molecule has 1 heterocycles. The first-order chi connectivity index (χ1) is 8.30. The summed E-state index contributed by atoms with van der Waals surface area (Å²) in [6.07, 6.45) is -3.00. The van der Waals surface area contributed by atoms with Gasteiger partial charge in [-0.2, -0.15) is 13.2 Å². The molecule has 1 aromatic heterocycles. The fraction of sp³-hybridized carbons (Fsp3) is 0.100. The molecule has 0 saturated heterocycles. The van der Waals surface area contributed by atoms with E-state index in [0.717, 1.165) is 6.07 Å². The Morgan fingerprint density at radius 2 is 1.89 bits per heavy atom. The van der Waals surface area contributed by atoms with E-state index in [1.165, 1.54) is 23.0 Å². The van der Waals surface area contributed by atoms with Crippen molar-refractivity contribution in [2.75, 3.05) is 0 Å². The molecule has 0 bridgehead atoms. The van der Waals surface area contributed by atoms with Gasteiger partial charge in [0.05, 0.1) is 11.3 Å². The average Bonchev–Trinajstić information content (AvgIpc) is 2.58. The first kappa shape index (κ1) is 14.6. The van der Waals surface area contributed by atoms with Crippen LogP contribution in [0.4, 0.5) is 13.2 Å². The predicted molar refractivity (Wildman–Crippen MR) is 81.7 cm³/mol. The molecule has 0 aliphatic heterocycles. The van der Waals surface area contributed by atoms with Gasteiger partial charge in [-0.25, -0.2) is 4.98 Å². The summed E-state index contributed by atoms with van der Waals surface area (Å²) in [5, 5.41) is 0. The number of halogens is 6. The second-order valence-electron chi connectivity index (χ2n) is 3.36. The van der Waals surface area contributed by atoms with Gasteiger partial charge in [0.15, 0.2) is 0 Å². The number of benzene rings is 1. The van der Waals surface area contributed by atoms with Crippen LogP contribution in [-0.4, -0.2) is 9.55 Å². The van der Waals surface area contributed by atoms with Gasteiger partial charge in [0.1, 0.15) is 13.7 Å². The van der Waals surface area contributed by atoms with Crippen molar-refractivity contribution in [3.05, 3.63) is 42.0 Å². The lowest BCUT2D eigenvalue weighted by Crippen LogP contribution is -2.11. The molecule has 96 valence electrons. The van der Waals surface area contributed by atoms with E-state index in [0.29, 0.717) is 11.9 Å². The summed E-state index contributed by atoms with van der Waals surface area (Å²) in [4.78, 5) is 4.00. The summed E-state index contributed by atoms with van der Waals surface area (Å²) in [6, 6.07) is 3.87. The van der Waals surface area contributed by atoms with E-state index >= 15 is 0 Å². The number of hydrogen-bond donors (Lipinski definition) is 0. The van der Waals surface area contributed by atoms with E-state index < -0.39 is 11.7 Å². The lowest BCUT2D eigenvalue weighted by molar-refractivity contribution is -0.137. The van der Waals surface area contributed by atoms with Gasteiger partial charge in [-0.3, -0.25) is 4.57 Å². The predicted octanol–water partition coefficient (Wildman–Crippen LogP) is 4.86. The summed E-state index contributed by atoms with van der Waals surface area (Å²) in [6.45, 7) is 0. The van der Waals surface area contributed by atoms with Crippen molar-refractivity contribution in [2.45, 2.75) is 6.18 Å². The van der Waals surface area contributed by atoms with Gasteiger partial charge in [-0.1, -0.05) is 15.9 Å². The number of aromatic nitrogens is 2. The fourth-order valence-electron chi connectivity index (χ4n) is 1.42. The highest BCUT2D eigenvalue weighted by Gasteiger charge is 2.34. The van der Waals surface area contributed by atoms with Gasteiger partial charge in [0.25, 0.3) is 0 Å². The monoisotopic (exact) mass is 542 g/mol. The zero-order valence-electron chi connectivity index (χ0n) is 8.47. The standard InChI is InChI=1S/C10H4BrF3I2N2/c11-5-1-2-6(10(12,13)14)7(3-5)18-4-17-8(15)9(18)16/h1-4H. The van der Waals surface area contributed by atoms with E-state index in [9.17, 15) is 13.2 Å². The van der Waals surface area contributed by atoms with Crippen LogP contribution in [0.1, 0.15) is 5.56 Å². The molecule has 8 heteroatoms. The number of imidazole rings is 1. The molecule has 2 rings (SSSR count). The molecule has 1 aromatic carbocycles. The molecular weight excluding hydrogens is 539 g/mol. The minimum atomic E-state index is -4.39. The maximum absolute atomic E-state index is 13.0. The van der Waals surface area contributed by atoms with Crippen molar-refractivity contribution in [1.82, 2.24) is 9.55 Å². The molecule has 0 aliphatic carbocycles. The smallest absolute Gasteiger partial charge is 0.293 e. The van der Waals surface area contributed by atoms with Crippen molar-refractivity contribution >= 4 is 61.1 Å². The molecule has 2 nitrogen and oxygen atoms in total. The molecule has 0 unspecified atom stereocenters.